The number of nitrogens with one attached hydrogen (secondary N) is 1. The second kappa shape index (κ2) is 7.60. The van der Waals surface area contributed by atoms with Crippen LogP contribution in [0.15, 0.2) is 77.3 Å². The summed E-state index contributed by atoms with van der Waals surface area (Å²) in [5.41, 5.74) is 4.24. The zero-order valence-corrected chi connectivity index (χ0v) is 16.9. The third kappa shape index (κ3) is 3.58. The molecule has 3 aromatic carbocycles. The van der Waals surface area contributed by atoms with Crippen molar-refractivity contribution in [2.24, 2.45) is 0 Å². The van der Waals surface area contributed by atoms with E-state index in [-0.39, 0.29) is 24.4 Å². The average Bonchev–Trinajstić information content (AvgIpc) is 2.83. The number of hydrogen-bond acceptors (Lipinski definition) is 2. The van der Waals surface area contributed by atoms with Gasteiger partial charge in [0.15, 0.2) is 0 Å². The zero-order chi connectivity index (χ0) is 19.7. The molecule has 1 heterocycles. The van der Waals surface area contributed by atoms with Crippen molar-refractivity contribution in [3.8, 4) is 0 Å². The molecule has 28 heavy (non-hydrogen) atoms. The summed E-state index contributed by atoms with van der Waals surface area (Å²) in [5, 5.41) is 2.95. The normalized spacial score (nSPS) is 16.1. The number of carbonyl (C=O) groups excluding carboxylic acids is 2. The van der Waals surface area contributed by atoms with Gasteiger partial charge in [-0.1, -0.05) is 70.0 Å². The van der Waals surface area contributed by atoms with Crippen LogP contribution in [-0.4, -0.2) is 23.3 Å². The van der Waals surface area contributed by atoms with E-state index in [1.165, 1.54) is 0 Å². The molecule has 1 atom stereocenters. The Morgan fingerprint density at radius 1 is 1.04 bits per heavy atom. The Kier molecular flexibility index (Phi) is 5.01. The summed E-state index contributed by atoms with van der Waals surface area (Å²) < 4.78 is 0.824. The van der Waals surface area contributed by atoms with E-state index in [9.17, 15) is 9.59 Å². The first-order valence-electron chi connectivity index (χ1n) is 9.05. The summed E-state index contributed by atoms with van der Waals surface area (Å²) in [6, 6.07) is 22.6. The molecular weight excluding hydrogens is 416 g/mol. The highest BCUT2D eigenvalue weighted by Gasteiger charge is 2.33. The minimum atomic E-state index is -0.360. The van der Waals surface area contributed by atoms with Gasteiger partial charge in [0.2, 0.25) is 5.91 Å². The molecule has 0 aliphatic carbocycles. The molecule has 0 saturated carbocycles. The summed E-state index contributed by atoms with van der Waals surface area (Å²) in [6.07, 6.45) is 0. The van der Waals surface area contributed by atoms with Crippen LogP contribution in [0.2, 0.25) is 0 Å². The lowest BCUT2D eigenvalue weighted by Gasteiger charge is -2.31. The van der Waals surface area contributed by atoms with Crippen molar-refractivity contribution in [2.75, 3.05) is 11.9 Å². The van der Waals surface area contributed by atoms with E-state index in [4.69, 9.17) is 0 Å². The number of aryl methyl sites for hydroxylation is 1. The van der Waals surface area contributed by atoms with Crippen molar-refractivity contribution in [1.82, 2.24) is 4.90 Å². The van der Waals surface area contributed by atoms with Gasteiger partial charge in [-0.25, -0.2) is 0 Å². The van der Waals surface area contributed by atoms with Crippen molar-refractivity contribution in [2.45, 2.75) is 13.0 Å². The van der Waals surface area contributed by atoms with Crippen LogP contribution in [0.1, 0.15) is 33.1 Å². The van der Waals surface area contributed by atoms with E-state index in [1.54, 1.807) is 17.0 Å². The number of nitrogens with zero attached hydrogens (tertiary/aromatic N) is 1. The van der Waals surface area contributed by atoms with Crippen LogP contribution in [0.3, 0.4) is 0 Å². The number of fused-ring (bicyclic) bond motifs is 1. The largest absolute Gasteiger partial charge is 0.324 e. The number of amides is 2. The van der Waals surface area contributed by atoms with E-state index >= 15 is 0 Å². The van der Waals surface area contributed by atoms with Gasteiger partial charge in [-0.3, -0.25) is 9.59 Å². The van der Waals surface area contributed by atoms with E-state index in [1.807, 2.05) is 67.6 Å². The van der Waals surface area contributed by atoms with E-state index in [0.717, 1.165) is 26.9 Å². The van der Waals surface area contributed by atoms with Gasteiger partial charge in [0, 0.05) is 21.3 Å². The predicted molar refractivity (Wildman–Crippen MR) is 113 cm³/mol. The lowest BCUT2D eigenvalue weighted by Crippen LogP contribution is -2.39. The molecule has 0 saturated heterocycles. The van der Waals surface area contributed by atoms with Gasteiger partial charge in [-0.15, -0.1) is 0 Å². The van der Waals surface area contributed by atoms with Gasteiger partial charge in [0.1, 0.15) is 6.54 Å². The molecule has 1 N–H and O–H groups in total. The molecule has 1 unspecified atom stereocenters. The van der Waals surface area contributed by atoms with Crippen molar-refractivity contribution in [1.29, 1.82) is 0 Å². The number of rotatable bonds is 2. The Morgan fingerprint density at radius 3 is 2.57 bits per heavy atom. The van der Waals surface area contributed by atoms with Crippen LogP contribution in [0.5, 0.6) is 0 Å². The first-order chi connectivity index (χ1) is 13.5. The fourth-order valence-electron chi connectivity index (χ4n) is 3.60. The third-order valence-corrected chi connectivity index (χ3v) is 5.34. The van der Waals surface area contributed by atoms with E-state index < -0.39 is 0 Å². The molecule has 2 amide bonds. The molecule has 0 bridgehead atoms. The Balaban J connectivity index is 1.89. The molecule has 140 valence electrons. The Morgan fingerprint density at radius 2 is 1.82 bits per heavy atom. The van der Waals surface area contributed by atoms with Crippen LogP contribution in [0.4, 0.5) is 5.69 Å². The lowest BCUT2D eigenvalue weighted by atomic mass is 9.94. The number of hydrogen-bond donors (Lipinski definition) is 1. The molecule has 1 aliphatic rings. The van der Waals surface area contributed by atoms with Crippen LogP contribution in [0.25, 0.3) is 0 Å². The summed E-state index contributed by atoms with van der Waals surface area (Å²) in [4.78, 5) is 27.7. The highest BCUT2D eigenvalue weighted by Crippen LogP contribution is 2.37. The number of benzene rings is 3. The van der Waals surface area contributed by atoms with Gasteiger partial charge in [-0.05, 0) is 36.8 Å². The molecule has 0 radical (unpaired) electrons. The standard InChI is InChI=1S/C23H19BrN2O2/c1-15-10-11-20-19(12-15)22(16-6-3-2-4-7-16)26(14-21(27)25-20)23(28)17-8-5-9-18(24)13-17/h2-13,22H,14H2,1H3,(H,25,27). The lowest BCUT2D eigenvalue weighted by molar-refractivity contribution is -0.117. The van der Waals surface area contributed by atoms with E-state index in [0.29, 0.717) is 5.56 Å². The van der Waals surface area contributed by atoms with Crippen molar-refractivity contribution in [3.05, 3.63) is 99.5 Å². The van der Waals surface area contributed by atoms with Gasteiger partial charge in [0.25, 0.3) is 5.91 Å². The number of carbonyl (C=O) groups is 2. The number of halogens is 1. The molecule has 3 aromatic rings. The first-order valence-corrected chi connectivity index (χ1v) is 9.84. The Labute approximate surface area is 172 Å². The maximum absolute atomic E-state index is 13.5. The quantitative estimate of drug-likeness (QED) is 0.620. The predicted octanol–water partition coefficient (Wildman–Crippen LogP) is 4.94. The molecule has 0 spiro atoms. The fourth-order valence-corrected chi connectivity index (χ4v) is 4.00. The van der Waals surface area contributed by atoms with Crippen molar-refractivity contribution >= 4 is 33.4 Å². The molecule has 0 fully saturated rings. The monoisotopic (exact) mass is 434 g/mol. The summed E-state index contributed by atoms with van der Waals surface area (Å²) in [6.45, 7) is 1.99. The molecular formula is C23H19BrN2O2. The second-order valence-electron chi connectivity index (χ2n) is 6.90. The van der Waals surface area contributed by atoms with Crippen LogP contribution in [-0.2, 0) is 4.79 Å². The summed E-state index contributed by atoms with van der Waals surface area (Å²) >= 11 is 3.43. The summed E-state index contributed by atoms with van der Waals surface area (Å²) in [5.74, 6) is -0.383. The third-order valence-electron chi connectivity index (χ3n) is 4.85. The summed E-state index contributed by atoms with van der Waals surface area (Å²) in [7, 11) is 0. The van der Waals surface area contributed by atoms with Crippen LogP contribution < -0.4 is 5.32 Å². The van der Waals surface area contributed by atoms with Gasteiger partial charge in [0.05, 0.1) is 6.04 Å². The van der Waals surface area contributed by atoms with Crippen LogP contribution in [0, 0.1) is 6.92 Å². The second-order valence-corrected chi connectivity index (χ2v) is 7.81. The molecule has 4 rings (SSSR count). The maximum atomic E-state index is 13.5. The molecule has 5 heteroatoms. The molecule has 4 nitrogen and oxygen atoms in total. The van der Waals surface area contributed by atoms with Gasteiger partial charge in [-0.2, -0.15) is 0 Å². The average molecular weight is 435 g/mol. The topological polar surface area (TPSA) is 49.4 Å². The molecule has 0 aromatic heterocycles. The minimum Gasteiger partial charge on any atom is -0.324 e. The fraction of sp³-hybridized carbons (Fsp3) is 0.130. The highest BCUT2D eigenvalue weighted by atomic mass is 79.9. The minimum absolute atomic E-state index is 0.0152. The maximum Gasteiger partial charge on any atom is 0.255 e. The van der Waals surface area contributed by atoms with E-state index in [2.05, 4.69) is 21.2 Å². The molecule has 1 aliphatic heterocycles. The smallest absolute Gasteiger partial charge is 0.255 e. The zero-order valence-electron chi connectivity index (χ0n) is 15.4. The SMILES string of the molecule is Cc1ccc2c(c1)C(c1ccccc1)N(C(=O)c1cccc(Br)c1)CC(=O)N2. The van der Waals surface area contributed by atoms with Crippen molar-refractivity contribution in [3.63, 3.8) is 0 Å². The number of anilines is 1. The Hall–Kier alpha value is -2.92. The first kappa shape index (κ1) is 18.4. The highest BCUT2D eigenvalue weighted by molar-refractivity contribution is 9.10. The van der Waals surface area contributed by atoms with Crippen LogP contribution >= 0.6 is 15.9 Å². The van der Waals surface area contributed by atoms with Gasteiger partial charge < -0.3 is 10.2 Å². The Bertz CT molecular complexity index is 1050. The van der Waals surface area contributed by atoms with Gasteiger partial charge >= 0.3 is 0 Å². The van der Waals surface area contributed by atoms with Crippen molar-refractivity contribution < 1.29 is 9.59 Å².